The minimum Gasteiger partial charge on any atom is -0.294 e. The van der Waals surface area contributed by atoms with E-state index in [0.29, 0.717) is 17.1 Å². The third-order valence-electron chi connectivity index (χ3n) is 11.1. The largest absolute Gasteiger partial charge is 0.294 e. The number of carbonyl (C=O) groups excluding carboxylic acids is 1. The van der Waals surface area contributed by atoms with E-state index in [9.17, 15) is 4.79 Å². The Morgan fingerprint density at radius 3 is 2.00 bits per heavy atom. The van der Waals surface area contributed by atoms with Gasteiger partial charge in [0.1, 0.15) is 0 Å². The lowest BCUT2D eigenvalue weighted by molar-refractivity contribution is -0.121. The molecule has 1 atom stereocenters. The van der Waals surface area contributed by atoms with Crippen LogP contribution < -0.4 is 0 Å². The molecule has 6 rings (SSSR count). The summed E-state index contributed by atoms with van der Waals surface area (Å²) >= 11 is 0. The zero-order valence-electron chi connectivity index (χ0n) is 27.2. The van der Waals surface area contributed by atoms with Gasteiger partial charge in [-0.15, -0.1) is 0 Å². The maximum absolute atomic E-state index is 13.8. The second-order valence-corrected chi connectivity index (χ2v) is 13.7. The van der Waals surface area contributed by atoms with Gasteiger partial charge < -0.3 is 0 Å². The number of allylic oxidation sites excluding steroid dienone is 8. The van der Waals surface area contributed by atoms with Gasteiger partial charge in [0.15, 0.2) is 5.78 Å². The van der Waals surface area contributed by atoms with Crippen molar-refractivity contribution in [2.75, 3.05) is 0 Å². The fraction of sp³-hybridized carbons (Fsp3) is 0.500. The summed E-state index contributed by atoms with van der Waals surface area (Å²) in [5.74, 6) is 2.99. The number of carbonyl (C=O) groups is 1. The highest BCUT2D eigenvalue weighted by Gasteiger charge is 2.39. The lowest BCUT2D eigenvalue weighted by atomic mass is 9.62. The molecule has 1 heteroatoms. The lowest BCUT2D eigenvalue weighted by Gasteiger charge is -2.42. The highest BCUT2D eigenvalue weighted by atomic mass is 16.1. The van der Waals surface area contributed by atoms with E-state index < -0.39 is 0 Å². The molecule has 0 aliphatic heterocycles. The number of benzene rings is 2. The second-order valence-electron chi connectivity index (χ2n) is 13.7. The van der Waals surface area contributed by atoms with Gasteiger partial charge in [-0.3, -0.25) is 4.79 Å². The Labute approximate surface area is 262 Å². The molecule has 1 nitrogen and oxygen atoms in total. The van der Waals surface area contributed by atoms with Crippen LogP contribution in [0.2, 0.25) is 0 Å². The van der Waals surface area contributed by atoms with Crippen LogP contribution in [0.1, 0.15) is 115 Å². The Morgan fingerprint density at radius 2 is 1.42 bits per heavy atom. The summed E-state index contributed by atoms with van der Waals surface area (Å²) in [6.07, 6.45) is 24.3. The molecule has 0 radical (unpaired) electrons. The van der Waals surface area contributed by atoms with E-state index in [4.69, 9.17) is 0 Å². The molecular formula is C42H54O. The summed E-state index contributed by atoms with van der Waals surface area (Å²) in [4.78, 5) is 13.8. The number of Topliss-reactive ketones (excluding diaryl/α,β-unsaturated/α-hetero) is 1. The number of rotatable bonds is 8. The van der Waals surface area contributed by atoms with Crippen LogP contribution in [0.25, 0.3) is 0 Å². The fourth-order valence-corrected chi connectivity index (χ4v) is 8.73. The Kier molecular flexibility index (Phi) is 10.8. The van der Waals surface area contributed by atoms with Crippen molar-refractivity contribution in [3.8, 4) is 0 Å². The van der Waals surface area contributed by atoms with Crippen LogP contribution in [0.15, 0.2) is 108 Å². The molecule has 4 aliphatic carbocycles. The van der Waals surface area contributed by atoms with Crippen molar-refractivity contribution in [3.63, 3.8) is 0 Å². The molecule has 0 saturated heterocycles. The van der Waals surface area contributed by atoms with E-state index in [1.807, 2.05) is 13.8 Å². The molecular weight excluding hydrogens is 520 g/mol. The summed E-state index contributed by atoms with van der Waals surface area (Å²) in [7, 11) is 0. The molecule has 0 aromatic heterocycles. The van der Waals surface area contributed by atoms with Gasteiger partial charge in [-0.2, -0.15) is 0 Å². The zero-order chi connectivity index (χ0) is 30.2. The van der Waals surface area contributed by atoms with Gasteiger partial charge in [0.05, 0.1) is 0 Å². The van der Waals surface area contributed by atoms with E-state index in [0.717, 1.165) is 43.1 Å². The minimum absolute atomic E-state index is 0.214. The molecule has 0 N–H and O–H groups in total. The van der Waals surface area contributed by atoms with E-state index in [-0.39, 0.29) is 11.8 Å². The predicted molar refractivity (Wildman–Crippen MR) is 183 cm³/mol. The smallest absolute Gasteiger partial charge is 0.162 e. The maximum atomic E-state index is 13.8. The first-order valence-corrected chi connectivity index (χ1v) is 17.5. The van der Waals surface area contributed by atoms with Crippen molar-refractivity contribution < 1.29 is 4.79 Å². The van der Waals surface area contributed by atoms with Gasteiger partial charge in [-0.05, 0) is 97.3 Å². The van der Waals surface area contributed by atoms with Crippen molar-refractivity contribution >= 4 is 5.78 Å². The van der Waals surface area contributed by atoms with Gasteiger partial charge in [0, 0.05) is 23.3 Å². The molecule has 0 heterocycles. The first-order chi connectivity index (χ1) is 21.0. The van der Waals surface area contributed by atoms with Crippen molar-refractivity contribution in [1.29, 1.82) is 0 Å². The Hall–Kier alpha value is -2.93. The Morgan fingerprint density at radius 1 is 0.814 bits per heavy atom. The van der Waals surface area contributed by atoms with E-state index in [2.05, 4.69) is 105 Å². The average Bonchev–Trinajstić information content (AvgIpc) is 3.07. The quantitative estimate of drug-likeness (QED) is 0.306. The molecule has 0 spiro atoms. The fourth-order valence-electron chi connectivity index (χ4n) is 8.73. The van der Waals surface area contributed by atoms with Crippen LogP contribution >= 0.6 is 0 Å². The molecule has 0 amide bonds. The van der Waals surface area contributed by atoms with Gasteiger partial charge in [-0.25, -0.2) is 0 Å². The van der Waals surface area contributed by atoms with Crippen LogP contribution in [-0.2, 0) is 4.79 Å². The standard InChI is InChI=1S/C40H48O.C2H6/c1-3-30-22-23-37(36-17-11-10-16-35(30)36)39(41)34-24-26-40(2,27-25-34)28-29-18-20-33(21-19-29)38(31-12-6-4-7-13-31)32-14-8-5-9-15-32;1-2/h4-16,22-23,29,33-34,36,38H,3,17-21,24-28H2,1-2H3;1-2H3. The van der Waals surface area contributed by atoms with Gasteiger partial charge in [0.2, 0.25) is 0 Å². The topological polar surface area (TPSA) is 17.1 Å². The number of fused-ring (bicyclic) bond motifs is 1. The van der Waals surface area contributed by atoms with Crippen LogP contribution in [0.5, 0.6) is 0 Å². The molecule has 0 bridgehead atoms. The summed E-state index contributed by atoms with van der Waals surface area (Å²) in [6.45, 7) is 8.75. The lowest BCUT2D eigenvalue weighted by Crippen LogP contribution is -2.33. The highest BCUT2D eigenvalue weighted by Crippen LogP contribution is 2.49. The average molecular weight is 575 g/mol. The third-order valence-corrected chi connectivity index (χ3v) is 11.1. The molecule has 2 fully saturated rings. The third kappa shape index (κ3) is 7.25. The van der Waals surface area contributed by atoms with Crippen molar-refractivity contribution in [1.82, 2.24) is 0 Å². The summed E-state index contributed by atoms with van der Waals surface area (Å²) in [5, 5.41) is 0. The van der Waals surface area contributed by atoms with E-state index >= 15 is 0 Å². The summed E-state index contributed by atoms with van der Waals surface area (Å²) in [6, 6.07) is 22.4. The Bertz CT molecular complexity index is 1270. The molecule has 1 unspecified atom stereocenters. The predicted octanol–water partition coefficient (Wildman–Crippen LogP) is 11.6. The number of hydrogen-bond acceptors (Lipinski definition) is 1. The van der Waals surface area contributed by atoms with Gasteiger partial charge >= 0.3 is 0 Å². The number of hydrogen-bond donors (Lipinski definition) is 0. The molecule has 43 heavy (non-hydrogen) atoms. The maximum Gasteiger partial charge on any atom is 0.162 e. The monoisotopic (exact) mass is 574 g/mol. The van der Waals surface area contributed by atoms with Crippen molar-refractivity contribution in [3.05, 3.63) is 119 Å². The normalized spacial score (nSPS) is 28.5. The highest BCUT2D eigenvalue weighted by molar-refractivity contribution is 5.99. The first kappa shape index (κ1) is 31.5. The minimum atomic E-state index is 0.214. The first-order valence-electron chi connectivity index (χ1n) is 17.5. The SMILES string of the molecule is CC.CCC1=CC=C(C(=O)C2CCC(C)(CC3CCC(C(c4ccccc4)c4ccccc4)CC3)CC2)C2CC=CC=C12. The van der Waals surface area contributed by atoms with Gasteiger partial charge in [-0.1, -0.05) is 132 Å². The molecule has 2 aromatic carbocycles. The van der Waals surface area contributed by atoms with Crippen molar-refractivity contribution in [2.24, 2.45) is 29.1 Å². The molecule has 2 saturated carbocycles. The van der Waals surface area contributed by atoms with Crippen LogP contribution in [-0.4, -0.2) is 5.78 Å². The van der Waals surface area contributed by atoms with E-state index in [1.165, 1.54) is 67.2 Å². The van der Waals surface area contributed by atoms with Gasteiger partial charge in [0.25, 0.3) is 0 Å². The van der Waals surface area contributed by atoms with Crippen molar-refractivity contribution in [2.45, 2.75) is 104 Å². The van der Waals surface area contributed by atoms with E-state index in [1.54, 1.807) is 0 Å². The Balaban J connectivity index is 0.00000180. The van der Waals surface area contributed by atoms with Crippen LogP contribution in [0.3, 0.4) is 0 Å². The summed E-state index contributed by atoms with van der Waals surface area (Å²) in [5.41, 5.74) is 7.20. The number of ketones is 1. The molecule has 228 valence electrons. The molecule has 2 aromatic rings. The van der Waals surface area contributed by atoms with Crippen LogP contribution in [0, 0.1) is 29.1 Å². The molecule has 4 aliphatic rings. The summed E-state index contributed by atoms with van der Waals surface area (Å²) < 4.78 is 0. The van der Waals surface area contributed by atoms with Crippen LogP contribution in [0.4, 0.5) is 0 Å². The second kappa shape index (κ2) is 14.7. The zero-order valence-corrected chi connectivity index (χ0v) is 27.2.